The first-order chi connectivity index (χ1) is 9.78. The fraction of sp³-hybridized carbons (Fsp3) is 0.333. The first kappa shape index (κ1) is 14.3. The molecule has 0 saturated carbocycles. The molecule has 1 aromatic carbocycles. The maximum Gasteiger partial charge on any atom is 0.132 e. The minimum Gasteiger partial charge on any atom is -0.487 e. The fourth-order valence-electron chi connectivity index (χ4n) is 1.96. The Hall–Kier alpha value is -2.14. The number of hydrogen-bond donors (Lipinski definition) is 1. The molecule has 0 amide bonds. The predicted molar refractivity (Wildman–Crippen MR) is 78.3 cm³/mol. The molecule has 0 aliphatic carbocycles. The van der Waals surface area contributed by atoms with E-state index >= 15 is 0 Å². The number of ether oxygens (including phenoxy) is 1. The van der Waals surface area contributed by atoms with Crippen molar-refractivity contribution >= 4 is 0 Å². The number of aromatic nitrogens is 3. The van der Waals surface area contributed by atoms with Crippen molar-refractivity contribution in [3.63, 3.8) is 0 Å². The Kier molecular flexibility index (Phi) is 4.90. The van der Waals surface area contributed by atoms with Crippen LogP contribution in [0.15, 0.2) is 36.9 Å². The lowest BCUT2D eigenvalue weighted by Gasteiger charge is -2.09. The minimum absolute atomic E-state index is 0.352. The quantitative estimate of drug-likeness (QED) is 0.784. The minimum atomic E-state index is 0.352. The SMILES string of the molecule is C=CCn1nnc(CN)c1COc1cccc(CC)c1. The molecule has 1 aromatic heterocycles. The number of benzene rings is 1. The maximum absolute atomic E-state index is 5.83. The number of hydrogen-bond acceptors (Lipinski definition) is 4. The van der Waals surface area contributed by atoms with Crippen molar-refractivity contribution < 1.29 is 4.74 Å². The van der Waals surface area contributed by atoms with Crippen LogP contribution in [0.2, 0.25) is 0 Å². The first-order valence-corrected chi connectivity index (χ1v) is 6.72. The Morgan fingerprint density at radius 3 is 3.00 bits per heavy atom. The summed E-state index contributed by atoms with van der Waals surface area (Å²) in [7, 11) is 0. The maximum atomic E-state index is 5.83. The van der Waals surface area contributed by atoms with Gasteiger partial charge in [0.2, 0.25) is 0 Å². The number of nitrogens with zero attached hydrogens (tertiary/aromatic N) is 3. The largest absolute Gasteiger partial charge is 0.487 e. The summed E-state index contributed by atoms with van der Waals surface area (Å²) in [5.74, 6) is 0.846. The molecular formula is C15H20N4O. The van der Waals surface area contributed by atoms with Gasteiger partial charge in [-0.2, -0.15) is 0 Å². The first-order valence-electron chi connectivity index (χ1n) is 6.72. The summed E-state index contributed by atoms with van der Waals surface area (Å²) in [6, 6.07) is 8.08. The Balaban J connectivity index is 2.12. The summed E-state index contributed by atoms with van der Waals surface area (Å²) < 4.78 is 7.59. The van der Waals surface area contributed by atoms with Gasteiger partial charge in [-0.1, -0.05) is 30.3 Å². The third kappa shape index (κ3) is 3.24. The van der Waals surface area contributed by atoms with Crippen molar-refractivity contribution in [2.45, 2.75) is 33.0 Å². The lowest BCUT2D eigenvalue weighted by Crippen LogP contribution is -2.10. The van der Waals surface area contributed by atoms with Gasteiger partial charge in [-0.3, -0.25) is 0 Å². The average Bonchev–Trinajstić information content (AvgIpc) is 2.88. The molecule has 0 fully saturated rings. The molecular weight excluding hydrogens is 252 g/mol. The lowest BCUT2D eigenvalue weighted by molar-refractivity contribution is 0.292. The highest BCUT2D eigenvalue weighted by atomic mass is 16.5. The van der Waals surface area contributed by atoms with E-state index in [-0.39, 0.29) is 0 Å². The molecule has 1 heterocycles. The normalized spacial score (nSPS) is 10.5. The highest BCUT2D eigenvalue weighted by Gasteiger charge is 2.11. The highest BCUT2D eigenvalue weighted by molar-refractivity contribution is 5.28. The topological polar surface area (TPSA) is 66.0 Å². The van der Waals surface area contributed by atoms with Crippen molar-refractivity contribution in [2.75, 3.05) is 0 Å². The van der Waals surface area contributed by atoms with E-state index in [0.717, 1.165) is 23.6 Å². The Bertz CT molecular complexity index is 577. The number of rotatable bonds is 7. The van der Waals surface area contributed by atoms with E-state index < -0.39 is 0 Å². The van der Waals surface area contributed by atoms with Crippen molar-refractivity contribution in [3.8, 4) is 5.75 Å². The molecule has 20 heavy (non-hydrogen) atoms. The Morgan fingerprint density at radius 1 is 1.45 bits per heavy atom. The summed E-state index contributed by atoms with van der Waals surface area (Å²) in [5.41, 5.74) is 8.59. The second-order valence-corrected chi connectivity index (χ2v) is 4.45. The molecule has 5 heteroatoms. The zero-order valence-corrected chi connectivity index (χ0v) is 11.7. The zero-order valence-electron chi connectivity index (χ0n) is 11.7. The van der Waals surface area contributed by atoms with E-state index in [1.165, 1.54) is 5.56 Å². The molecule has 0 atom stereocenters. The van der Waals surface area contributed by atoms with Gasteiger partial charge in [0, 0.05) is 6.54 Å². The second-order valence-electron chi connectivity index (χ2n) is 4.45. The number of allylic oxidation sites excluding steroid dienone is 1. The van der Waals surface area contributed by atoms with Crippen LogP contribution in [0.25, 0.3) is 0 Å². The lowest BCUT2D eigenvalue weighted by atomic mass is 10.2. The van der Waals surface area contributed by atoms with Crippen LogP contribution in [0.3, 0.4) is 0 Å². The third-order valence-electron chi connectivity index (χ3n) is 3.10. The monoisotopic (exact) mass is 272 g/mol. The van der Waals surface area contributed by atoms with E-state index in [0.29, 0.717) is 19.7 Å². The van der Waals surface area contributed by atoms with Crippen LogP contribution < -0.4 is 10.5 Å². The van der Waals surface area contributed by atoms with Crippen molar-refractivity contribution in [1.82, 2.24) is 15.0 Å². The number of nitrogens with two attached hydrogens (primary N) is 1. The summed E-state index contributed by atoms with van der Waals surface area (Å²) in [5, 5.41) is 8.12. The van der Waals surface area contributed by atoms with Gasteiger partial charge in [0.1, 0.15) is 23.7 Å². The Labute approximate surface area is 119 Å². The van der Waals surface area contributed by atoms with E-state index in [4.69, 9.17) is 10.5 Å². The molecule has 0 unspecified atom stereocenters. The van der Waals surface area contributed by atoms with Crippen LogP contribution in [0.4, 0.5) is 0 Å². The van der Waals surface area contributed by atoms with Gasteiger partial charge >= 0.3 is 0 Å². The summed E-state index contributed by atoms with van der Waals surface area (Å²) in [4.78, 5) is 0. The smallest absolute Gasteiger partial charge is 0.132 e. The van der Waals surface area contributed by atoms with E-state index in [9.17, 15) is 0 Å². The van der Waals surface area contributed by atoms with E-state index in [1.807, 2.05) is 18.2 Å². The number of aryl methyl sites for hydroxylation is 1. The molecule has 2 rings (SSSR count). The van der Waals surface area contributed by atoms with Gasteiger partial charge in [0.15, 0.2) is 0 Å². The van der Waals surface area contributed by atoms with Crippen molar-refractivity contribution in [1.29, 1.82) is 0 Å². The van der Waals surface area contributed by atoms with Gasteiger partial charge in [-0.25, -0.2) is 4.68 Å². The summed E-state index contributed by atoms with van der Waals surface area (Å²) >= 11 is 0. The molecule has 106 valence electrons. The van der Waals surface area contributed by atoms with Crippen LogP contribution in [0, 0.1) is 0 Å². The molecule has 2 N–H and O–H groups in total. The van der Waals surface area contributed by atoms with Gasteiger partial charge in [0.25, 0.3) is 0 Å². The Morgan fingerprint density at radius 2 is 2.30 bits per heavy atom. The summed E-state index contributed by atoms with van der Waals surface area (Å²) in [6.07, 6.45) is 2.76. The van der Waals surface area contributed by atoms with E-state index in [1.54, 1.807) is 10.8 Å². The molecule has 0 aliphatic heterocycles. The fourth-order valence-corrected chi connectivity index (χ4v) is 1.96. The molecule has 2 aromatic rings. The average molecular weight is 272 g/mol. The standard InChI is InChI=1S/C15H20N4O/c1-3-8-19-15(14(10-16)17-18-19)11-20-13-7-5-6-12(4-2)9-13/h3,5-7,9H,1,4,8,10-11,16H2,2H3. The summed E-state index contributed by atoms with van der Waals surface area (Å²) in [6.45, 7) is 7.19. The molecule has 0 saturated heterocycles. The molecule has 0 spiro atoms. The van der Waals surface area contributed by atoms with Crippen LogP contribution in [-0.4, -0.2) is 15.0 Å². The van der Waals surface area contributed by atoms with Crippen LogP contribution >= 0.6 is 0 Å². The van der Waals surface area contributed by atoms with Gasteiger partial charge in [-0.15, -0.1) is 11.7 Å². The highest BCUT2D eigenvalue weighted by Crippen LogP contribution is 2.16. The molecule has 0 bridgehead atoms. The third-order valence-corrected chi connectivity index (χ3v) is 3.10. The van der Waals surface area contributed by atoms with Gasteiger partial charge in [0.05, 0.1) is 6.54 Å². The second kappa shape index (κ2) is 6.86. The van der Waals surface area contributed by atoms with Crippen molar-refractivity contribution in [2.24, 2.45) is 5.73 Å². The molecule has 0 radical (unpaired) electrons. The van der Waals surface area contributed by atoms with Crippen LogP contribution in [-0.2, 0) is 26.1 Å². The zero-order chi connectivity index (χ0) is 14.4. The van der Waals surface area contributed by atoms with Crippen molar-refractivity contribution in [3.05, 3.63) is 53.9 Å². The van der Waals surface area contributed by atoms with Gasteiger partial charge in [-0.05, 0) is 24.1 Å². The van der Waals surface area contributed by atoms with Crippen LogP contribution in [0.5, 0.6) is 5.75 Å². The van der Waals surface area contributed by atoms with E-state index in [2.05, 4.69) is 29.9 Å². The van der Waals surface area contributed by atoms with Crippen LogP contribution in [0.1, 0.15) is 23.9 Å². The predicted octanol–water partition coefficient (Wildman–Crippen LogP) is 2.06. The molecule has 0 aliphatic rings. The molecule has 5 nitrogen and oxygen atoms in total. The van der Waals surface area contributed by atoms with Gasteiger partial charge < -0.3 is 10.5 Å².